The van der Waals surface area contributed by atoms with Gasteiger partial charge in [-0.2, -0.15) is 14.3 Å². The van der Waals surface area contributed by atoms with Gasteiger partial charge in [-0.15, -0.1) is 0 Å². The Hall–Kier alpha value is -1.24. The zero-order valence-corrected chi connectivity index (χ0v) is 16.3. The molecule has 2 rings (SSSR count). The highest BCUT2D eigenvalue weighted by atomic mass is 35.5. The minimum Gasteiger partial charge on any atom is -1.00 e. The number of hydrogen-bond acceptors (Lipinski definition) is 4. The van der Waals surface area contributed by atoms with E-state index in [0.29, 0.717) is 12.4 Å². The van der Waals surface area contributed by atoms with Crippen LogP contribution in [0.4, 0.5) is 0 Å². The SMILES string of the molecule is CCOC(=O)[C@H](C)NP(=S)(Oc1ccccc1)[NH+]1C=C[N+](C)=C1.[Cl-]. The van der Waals surface area contributed by atoms with E-state index < -0.39 is 12.6 Å². The van der Waals surface area contributed by atoms with Crippen molar-refractivity contribution in [1.29, 1.82) is 0 Å². The molecule has 1 aliphatic rings. The second-order valence-corrected chi connectivity index (χ2v) is 8.70. The molecule has 0 saturated heterocycles. The summed E-state index contributed by atoms with van der Waals surface area (Å²) >= 11 is 5.80. The van der Waals surface area contributed by atoms with Crippen LogP contribution >= 0.6 is 6.57 Å². The lowest BCUT2D eigenvalue weighted by Gasteiger charge is -2.25. The lowest BCUT2D eigenvalue weighted by molar-refractivity contribution is -0.612. The third-order valence-electron chi connectivity index (χ3n) is 3.14. The van der Waals surface area contributed by atoms with Gasteiger partial charge >= 0.3 is 18.9 Å². The number of nitrogens with zero attached hydrogens (tertiary/aromatic N) is 1. The Morgan fingerprint density at radius 1 is 1.42 bits per heavy atom. The second kappa shape index (κ2) is 9.30. The highest BCUT2D eigenvalue weighted by Crippen LogP contribution is 2.35. The van der Waals surface area contributed by atoms with E-state index in [2.05, 4.69) is 5.09 Å². The van der Waals surface area contributed by atoms with E-state index in [0.717, 1.165) is 4.67 Å². The molecule has 132 valence electrons. The van der Waals surface area contributed by atoms with Gasteiger partial charge in [0.1, 0.15) is 18.8 Å². The van der Waals surface area contributed by atoms with Crippen molar-refractivity contribution >= 4 is 30.7 Å². The van der Waals surface area contributed by atoms with Crippen LogP contribution in [0, 0.1) is 0 Å². The number of halogens is 1. The van der Waals surface area contributed by atoms with E-state index in [9.17, 15) is 4.79 Å². The summed E-state index contributed by atoms with van der Waals surface area (Å²) < 4.78 is 13.9. The molecule has 3 atom stereocenters. The predicted molar refractivity (Wildman–Crippen MR) is 92.9 cm³/mol. The monoisotopic (exact) mass is 390 g/mol. The number of quaternary nitrogens is 1. The van der Waals surface area contributed by atoms with Gasteiger partial charge in [-0.05, 0) is 26.0 Å². The van der Waals surface area contributed by atoms with Crippen LogP contribution in [-0.4, -0.2) is 36.6 Å². The number of benzene rings is 1. The smallest absolute Gasteiger partial charge is 0.381 e. The van der Waals surface area contributed by atoms with E-state index in [4.69, 9.17) is 21.1 Å². The van der Waals surface area contributed by atoms with Crippen molar-refractivity contribution in [3.63, 3.8) is 0 Å². The number of hydrogen-bond donors (Lipinski definition) is 2. The summed E-state index contributed by atoms with van der Waals surface area (Å²) in [6.07, 6.45) is 5.73. The standard InChI is InChI=1S/C15H21N3O3PS.ClH/c1-4-20-15(19)13(2)16-22(23,18-11-10-17(3)12-18)21-14-8-6-5-7-9-14;/h5-13H,4H2,1-3H3,(H,16,23);1H/q+1;/t13-,22?;/m0./s1. The summed E-state index contributed by atoms with van der Waals surface area (Å²) in [6, 6.07) is 8.82. The van der Waals surface area contributed by atoms with Crippen LogP contribution in [0.1, 0.15) is 13.8 Å². The normalized spacial score (nSPS) is 19.6. The highest BCUT2D eigenvalue weighted by molar-refractivity contribution is 8.08. The molecule has 0 amide bonds. The number of esters is 1. The molecule has 1 heterocycles. The molecule has 0 fully saturated rings. The van der Waals surface area contributed by atoms with Crippen LogP contribution < -0.4 is 26.7 Å². The van der Waals surface area contributed by atoms with E-state index in [-0.39, 0.29) is 18.4 Å². The zero-order chi connectivity index (χ0) is 16.9. The molecule has 0 spiro atoms. The number of carbonyl (C=O) groups excluding carboxylic acids is 1. The minimum absolute atomic E-state index is 0. The molecule has 6 nitrogen and oxygen atoms in total. The van der Waals surface area contributed by atoms with Crippen LogP contribution in [-0.2, 0) is 21.3 Å². The molecule has 0 aromatic heterocycles. The molecular weight excluding hydrogens is 369 g/mol. The van der Waals surface area contributed by atoms with Gasteiger partial charge in [0.2, 0.25) is 6.20 Å². The predicted octanol–water partition coefficient (Wildman–Crippen LogP) is -2.12. The molecule has 0 radical (unpaired) electrons. The third kappa shape index (κ3) is 5.40. The van der Waals surface area contributed by atoms with Crippen LogP contribution in [0.15, 0.2) is 42.7 Å². The Bertz CT molecular complexity index is 669. The van der Waals surface area contributed by atoms with Crippen LogP contribution in [0.5, 0.6) is 5.75 Å². The van der Waals surface area contributed by atoms with E-state index >= 15 is 0 Å². The Kier molecular flexibility index (Phi) is 8.06. The molecule has 1 aromatic carbocycles. The molecule has 0 bridgehead atoms. The number of carbonyl (C=O) groups is 1. The van der Waals surface area contributed by atoms with E-state index in [1.807, 2.05) is 60.7 Å². The minimum atomic E-state index is -2.64. The Labute approximate surface area is 153 Å². The quantitative estimate of drug-likeness (QED) is 0.317. The molecule has 9 heteroatoms. The molecule has 24 heavy (non-hydrogen) atoms. The average Bonchev–Trinajstić information content (AvgIpc) is 2.95. The first-order valence-corrected chi connectivity index (χ1v) is 10.1. The number of ether oxygens (including phenoxy) is 1. The van der Waals surface area contributed by atoms with Crippen molar-refractivity contribution < 1.29 is 35.7 Å². The maximum absolute atomic E-state index is 11.9. The molecular formula is C15H22ClN3O3PS+. The number of para-hydroxylation sites is 1. The lowest BCUT2D eigenvalue weighted by Crippen LogP contribution is -3.03. The maximum atomic E-state index is 11.9. The van der Waals surface area contributed by atoms with E-state index in [1.165, 1.54) is 0 Å². The highest BCUT2D eigenvalue weighted by Gasteiger charge is 2.39. The lowest BCUT2D eigenvalue weighted by atomic mass is 10.3. The van der Waals surface area contributed by atoms with Gasteiger partial charge in [0.15, 0.2) is 6.20 Å². The summed E-state index contributed by atoms with van der Waals surface area (Å²) in [7, 11) is 1.92. The fraction of sp³-hybridized carbons (Fsp3) is 0.333. The maximum Gasteiger partial charge on any atom is 0.381 e. The van der Waals surface area contributed by atoms with Gasteiger partial charge in [0.05, 0.1) is 6.61 Å². The van der Waals surface area contributed by atoms with Crippen LogP contribution in [0.25, 0.3) is 0 Å². The molecule has 2 unspecified atom stereocenters. The largest absolute Gasteiger partial charge is 1.00 e. The summed E-state index contributed by atoms with van der Waals surface area (Å²) in [5.41, 5.74) is 0. The van der Waals surface area contributed by atoms with Crippen molar-refractivity contribution in [3.8, 4) is 5.75 Å². The topological polar surface area (TPSA) is 55.0 Å². The molecule has 1 aliphatic heterocycles. The van der Waals surface area contributed by atoms with Crippen molar-refractivity contribution in [2.45, 2.75) is 19.9 Å². The van der Waals surface area contributed by atoms with Crippen molar-refractivity contribution in [2.24, 2.45) is 0 Å². The first-order chi connectivity index (χ1) is 10.9. The van der Waals surface area contributed by atoms with Gasteiger partial charge in [0, 0.05) is 11.8 Å². The van der Waals surface area contributed by atoms with Crippen LogP contribution in [0.3, 0.4) is 0 Å². The molecule has 1 aromatic rings. The Morgan fingerprint density at radius 2 is 2.08 bits per heavy atom. The summed E-state index contributed by atoms with van der Waals surface area (Å²) in [5.74, 6) is 0.331. The Morgan fingerprint density at radius 3 is 2.62 bits per heavy atom. The van der Waals surface area contributed by atoms with Gasteiger partial charge in [-0.3, -0.25) is 4.79 Å². The van der Waals surface area contributed by atoms with E-state index in [1.54, 1.807) is 13.8 Å². The fourth-order valence-electron chi connectivity index (χ4n) is 2.02. The Balaban J connectivity index is 0.00000288. The van der Waals surface area contributed by atoms with Crippen molar-refractivity contribution in [2.75, 3.05) is 13.7 Å². The third-order valence-corrected chi connectivity index (χ3v) is 6.45. The van der Waals surface area contributed by atoms with Crippen molar-refractivity contribution in [1.82, 2.24) is 5.09 Å². The zero-order valence-electron chi connectivity index (χ0n) is 13.8. The fourth-order valence-corrected chi connectivity index (χ4v) is 5.02. The first kappa shape index (κ1) is 20.8. The summed E-state index contributed by atoms with van der Waals surface area (Å²) in [4.78, 5) is 11.9. The van der Waals surface area contributed by atoms with Gasteiger partial charge in [-0.25, -0.2) is 0 Å². The van der Waals surface area contributed by atoms with Crippen molar-refractivity contribution in [3.05, 3.63) is 42.7 Å². The second-order valence-electron chi connectivity index (χ2n) is 5.09. The van der Waals surface area contributed by atoms with Gasteiger partial charge in [0.25, 0.3) is 0 Å². The van der Waals surface area contributed by atoms with Crippen LogP contribution in [0.2, 0.25) is 0 Å². The molecule has 0 saturated carbocycles. The average molecular weight is 391 g/mol. The number of nitrogens with one attached hydrogen (secondary N) is 2. The molecule has 2 N–H and O–H groups in total. The summed E-state index contributed by atoms with van der Waals surface area (Å²) in [6.45, 7) is 1.20. The van der Waals surface area contributed by atoms with Gasteiger partial charge < -0.3 is 21.7 Å². The number of rotatable bonds is 7. The summed E-state index contributed by atoms with van der Waals surface area (Å²) in [5, 5.41) is 3.17. The van der Waals surface area contributed by atoms with Gasteiger partial charge in [-0.1, -0.05) is 18.2 Å². The first-order valence-electron chi connectivity index (χ1n) is 7.36. The molecule has 0 aliphatic carbocycles.